The van der Waals surface area contributed by atoms with Crippen LogP contribution in [0.2, 0.25) is 0 Å². The van der Waals surface area contributed by atoms with Crippen LogP contribution in [0.5, 0.6) is 0 Å². The second-order valence-corrected chi connectivity index (χ2v) is 7.43. The van der Waals surface area contributed by atoms with E-state index in [-0.39, 0.29) is 10.8 Å². The van der Waals surface area contributed by atoms with Gasteiger partial charge in [0.25, 0.3) is 0 Å². The third-order valence-electron chi connectivity index (χ3n) is 2.72. The monoisotopic (exact) mass is 248 g/mol. The third kappa shape index (κ3) is 2.34. The highest BCUT2D eigenvalue weighted by Crippen LogP contribution is 2.33. The van der Waals surface area contributed by atoms with Crippen molar-refractivity contribution in [2.24, 2.45) is 0 Å². The average molecular weight is 248 g/mol. The molecule has 0 atom stereocenters. The van der Waals surface area contributed by atoms with Crippen LogP contribution in [0.4, 0.5) is 0 Å². The lowest BCUT2D eigenvalue weighted by Crippen LogP contribution is -2.25. The molecule has 2 nitrogen and oxygen atoms in total. The molecule has 0 amide bonds. The van der Waals surface area contributed by atoms with Gasteiger partial charge in [0.1, 0.15) is 10.3 Å². The van der Waals surface area contributed by atoms with Crippen molar-refractivity contribution in [2.75, 3.05) is 0 Å². The predicted octanol–water partition coefficient (Wildman–Crippen LogP) is 4.29. The molecule has 0 aliphatic rings. The molecule has 17 heavy (non-hydrogen) atoms. The van der Waals surface area contributed by atoms with Crippen molar-refractivity contribution in [2.45, 2.75) is 52.4 Å². The van der Waals surface area contributed by atoms with E-state index in [0.29, 0.717) is 0 Å². The van der Waals surface area contributed by atoms with Crippen molar-refractivity contribution >= 4 is 21.7 Å². The maximum atomic E-state index is 4.83. The Hall–Kier alpha value is -0.960. The summed E-state index contributed by atoms with van der Waals surface area (Å²) in [6.45, 7) is 13.2. The minimum absolute atomic E-state index is 0.0335. The van der Waals surface area contributed by atoms with Gasteiger partial charge in [-0.05, 0) is 11.4 Å². The largest absolute Gasteiger partial charge is 0.248 e. The van der Waals surface area contributed by atoms with Gasteiger partial charge in [0.2, 0.25) is 0 Å². The minimum Gasteiger partial charge on any atom is -0.248 e. The highest BCUT2D eigenvalue weighted by Gasteiger charge is 2.28. The molecule has 3 heteroatoms. The van der Waals surface area contributed by atoms with Gasteiger partial charge < -0.3 is 0 Å². The average Bonchev–Trinajstić information content (AvgIpc) is 2.59. The Morgan fingerprint density at radius 3 is 1.94 bits per heavy atom. The topological polar surface area (TPSA) is 25.8 Å². The lowest BCUT2D eigenvalue weighted by molar-refractivity contribution is 0.503. The first-order chi connectivity index (χ1) is 7.69. The highest BCUT2D eigenvalue weighted by molar-refractivity contribution is 7.16. The molecule has 0 radical (unpaired) electrons. The van der Waals surface area contributed by atoms with Crippen LogP contribution in [0.15, 0.2) is 11.4 Å². The summed E-state index contributed by atoms with van der Waals surface area (Å²) in [5.41, 5.74) is 3.34. The number of aromatic nitrogens is 2. The summed E-state index contributed by atoms with van der Waals surface area (Å²) >= 11 is 1.66. The number of hydrogen-bond acceptors (Lipinski definition) is 3. The lowest BCUT2D eigenvalue weighted by Gasteiger charge is -2.27. The van der Waals surface area contributed by atoms with E-state index in [9.17, 15) is 0 Å². The molecule has 0 N–H and O–H groups in total. The van der Waals surface area contributed by atoms with Crippen molar-refractivity contribution in [3.8, 4) is 0 Å². The first kappa shape index (κ1) is 12.5. The Kier molecular flexibility index (Phi) is 2.77. The second kappa shape index (κ2) is 3.77. The Morgan fingerprint density at radius 2 is 1.41 bits per heavy atom. The first-order valence-electron chi connectivity index (χ1n) is 5.96. The molecular formula is C14H20N2S. The number of nitrogens with zero attached hydrogens (tertiary/aromatic N) is 2. The Morgan fingerprint density at radius 1 is 0.882 bits per heavy atom. The van der Waals surface area contributed by atoms with Gasteiger partial charge in [-0.3, -0.25) is 0 Å². The zero-order chi connectivity index (χ0) is 12.8. The molecule has 0 fully saturated rings. The summed E-state index contributed by atoms with van der Waals surface area (Å²) in [5, 5.41) is 2.06. The zero-order valence-electron chi connectivity index (χ0n) is 11.5. The molecule has 2 heterocycles. The molecule has 0 aliphatic heterocycles. The smallest absolute Gasteiger partial charge is 0.142 e. The van der Waals surface area contributed by atoms with Crippen molar-refractivity contribution in [1.29, 1.82) is 0 Å². The summed E-state index contributed by atoms with van der Waals surface area (Å²) in [6, 6.07) is 2.05. The molecule has 0 aliphatic carbocycles. The van der Waals surface area contributed by atoms with Gasteiger partial charge in [-0.15, -0.1) is 11.3 Å². The summed E-state index contributed by atoms with van der Waals surface area (Å²) < 4.78 is 0. The lowest BCUT2D eigenvalue weighted by atomic mass is 9.81. The number of thiophene rings is 1. The van der Waals surface area contributed by atoms with E-state index in [4.69, 9.17) is 9.97 Å². The van der Waals surface area contributed by atoms with Crippen LogP contribution in [0.25, 0.3) is 10.3 Å². The molecular weight excluding hydrogens is 228 g/mol. The Balaban J connectivity index is 2.78. The van der Waals surface area contributed by atoms with E-state index in [2.05, 4.69) is 53.0 Å². The van der Waals surface area contributed by atoms with Crippen LogP contribution >= 0.6 is 11.3 Å². The molecule has 0 saturated heterocycles. The van der Waals surface area contributed by atoms with E-state index >= 15 is 0 Å². The molecule has 0 aromatic carbocycles. The van der Waals surface area contributed by atoms with E-state index in [0.717, 1.165) is 21.7 Å². The molecule has 0 unspecified atom stereocenters. The van der Waals surface area contributed by atoms with Crippen molar-refractivity contribution in [3.05, 3.63) is 22.8 Å². The maximum Gasteiger partial charge on any atom is 0.142 e. The van der Waals surface area contributed by atoms with Gasteiger partial charge in [0, 0.05) is 10.8 Å². The van der Waals surface area contributed by atoms with Gasteiger partial charge in [-0.1, -0.05) is 41.5 Å². The second-order valence-electron chi connectivity index (χ2n) is 6.53. The summed E-state index contributed by atoms with van der Waals surface area (Å²) in [4.78, 5) is 10.7. The normalized spacial score (nSPS) is 13.3. The van der Waals surface area contributed by atoms with Crippen LogP contribution in [0, 0.1) is 0 Å². The quantitative estimate of drug-likeness (QED) is 0.695. The van der Waals surface area contributed by atoms with Gasteiger partial charge >= 0.3 is 0 Å². The fraction of sp³-hybridized carbons (Fsp3) is 0.571. The van der Waals surface area contributed by atoms with Gasteiger partial charge in [0.05, 0.1) is 11.4 Å². The minimum atomic E-state index is 0.0335. The molecule has 2 aromatic heterocycles. The predicted molar refractivity (Wildman–Crippen MR) is 74.8 cm³/mol. The molecule has 2 aromatic rings. The summed E-state index contributed by atoms with van der Waals surface area (Å²) in [5.74, 6) is 0. The zero-order valence-corrected chi connectivity index (χ0v) is 12.3. The molecule has 0 saturated carbocycles. The van der Waals surface area contributed by atoms with E-state index in [1.807, 2.05) is 0 Å². The van der Waals surface area contributed by atoms with Crippen molar-refractivity contribution in [1.82, 2.24) is 9.97 Å². The molecule has 0 bridgehead atoms. The standard InChI is InChI=1S/C14H20N2S/c1-13(2,3)10-11(14(4,5)6)16-12-9(15-10)7-8-17-12/h7-8H,1-6H3. The van der Waals surface area contributed by atoms with E-state index < -0.39 is 0 Å². The van der Waals surface area contributed by atoms with Gasteiger partial charge in [-0.25, -0.2) is 9.97 Å². The Bertz CT molecular complexity index is 493. The van der Waals surface area contributed by atoms with Crippen LogP contribution in [0.1, 0.15) is 52.9 Å². The first-order valence-corrected chi connectivity index (χ1v) is 6.84. The van der Waals surface area contributed by atoms with Crippen LogP contribution in [-0.4, -0.2) is 9.97 Å². The third-order valence-corrected chi connectivity index (χ3v) is 3.51. The highest BCUT2D eigenvalue weighted by atomic mass is 32.1. The number of hydrogen-bond donors (Lipinski definition) is 0. The van der Waals surface area contributed by atoms with E-state index in [1.54, 1.807) is 11.3 Å². The summed E-state index contributed by atoms with van der Waals surface area (Å²) in [7, 11) is 0. The molecule has 92 valence electrons. The number of rotatable bonds is 0. The fourth-order valence-corrected chi connectivity index (χ4v) is 2.54. The maximum absolute atomic E-state index is 4.83. The van der Waals surface area contributed by atoms with Crippen LogP contribution < -0.4 is 0 Å². The molecule has 0 spiro atoms. The van der Waals surface area contributed by atoms with Crippen LogP contribution in [-0.2, 0) is 10.8 Å². The van der Waals surface area contributed by atoms with E-state index in [1.165, 1.54) is 0 Å². The van der Waals surface area contributed by atoms with Crippen molar-refractivity contribution < 1.29 is 0 Å². The van der Waals surface area contributed by atoms with Gasteiger partial charge in [0.15, 0.2) is 0 Å². The number of fused-ring (bicyclic) bond motifs is 1. The summed E-state index contributed by atoms with van der Waals surface area (Å²) in [6.07, 6.45) is 0. The van der Waals surface area contributed by atoms with Gasteiger partial charge in [-0.2, -0.15) is 0 Å². The fourth-order valence-electron chi connectivity index (χ4n) is 1.84. The van der Waals surface area contributed by atoms with Crippen molar-refractivity contribution in [3.63, 3.8) is 0 Å². The molecule has 2 rings (SSSR count). The Labute approximate surface area is 107 Å². The SMILES string of the molecule is CC(C)(C)c1nc2ccsc2nc1C(C)(C)C. The van der Waals surface area contributed by atoms with Crippen LogP contribution in [0.3, 0.4) is 0 Å².